The molecule has 6 aromatic rings. The highest BCUT2D eigenvalue weighted by Gasteiger charge is 2.35. The van der Waals surface area contributed by atoms with Crippen LogP contribution < -0.4 is 14.1 Å². The molecule has 202 valence electrons. The molecule has 1 aliphatic rings. The Labute approximate surface area is 240 Å². The summed E-state index contributed by atoms with van der Waals surface area (Å²) < 4.78 is 12.9. The van der Waals surface area contributed by atoms with Crippen molar-refractivity contribution in [1.29, 1.82) is 0 Å². The number of benzene rings is 3. The van der Waals surface area contributed by atoms with Crippen LogP contribution in [0.5, 0.6) is 11.5 Å². The third-order valence-corrected chi connectivity index (χ3v) is 7.90. The van der Waals surface area contributed by atoms with E-state index in [-0.39, 0.29) is 12.4 Å². The van der Waals surface area contributed by atoms with Gasteiger partial charge in [0.15, 0.2) is 11.0 Å². The molecule has 0 radical (unpaired) electrons. The van der Waals surface area contributed by atoms with Gasteiger partial charge in [0.1, 0.15) is 23.0 Å². The maximum Gasteiger partial charge on any atom is 0.401 e. The molecule has 0 aliphatic carbocycles. The highest BCUT2D eigenvalue weighted by Crippen LogP contribution is 2.43. The second-order valence-electron chi connectivity index (χ2n) is 11.7. The number of imidazole rings is 1. The van der Waals surface area contributed by atoms with E-state index in [1.807, 2.05) is 30.6 Å². The van der Waals surface area contributed by atoms with Gasteiger partial charge in [-0.25, -0.2) is 9.55 Å². The zero-order chi connectivity index (χ0) is 28.3. The van der Waals surface area contributed by atoms with Crippen LogP contribution in [0.3, 0.4) is 0 Å². The summed E-state index contributed by atoms with van der Waals surface area (Å²) in [7, 11) is 2.07. The molecule has 0 unspecified atom stereocenters. The van der Waals surface area contributed by atoms with Crippen LogP contribution in [0.25, 0.3) is 28.0 Å². The smallest absolute Gasteiger partial charge is 0.401 e. The normalized spacial score (nSPS) is 12.9. The average molecular weight is 539 g/mol. The highest BCUT2D eigenvalue weighted by atomic mass is 16.5. The van der Waals surface area contributed by atoms with Crippen LogP contribution >= 0.6 is 0 Å². The van der Waals surface area contributed by atoms with Gasteiger partial charge in [-0.05, 0) is 72.4 Å². The number of para-hydroxylation sites is 2. The van der Waals surface area contributed by atoms with Crippen molar-refractivity contribution in [3.8, 4) is 28.4 Å². The summed E-state index contributed by atoms with van der Waals surface area (Å²) in [5, 5.41) is 4.65. The maximum absolute atomic E-state index is 6.50. The maximum atomic E-state index is 6.50. The molecule has 0 fully saturated rings. The number of fused-ring (bicyclic) bond motifs is 4. The number of hydrogen-bond donors (Lipinski definition) is 0. The lowest BCUT2D eigenvalue weighted by Gasteiger charge is -2.35. The van der Waals surface area contributed by atoms with Crippen LogP contribution in [0, 0.1) is 0 Å². The molecule has 7 rings (SSSR count). The van der Waals surface area contributed by atoms with Crippen LogP contribution in [0.2, 0.25) is 6.82 Å². The summed E-state index contributed by atoms with van der Waals surface area (Å²) in [5.41, 5.74) is 7.82. The average Bonchev–Trinajstić information content (AvgIpc) is 3.59. The minimum Gasteiger partial charge on any atom is -0.457 e. The van der Waals surface area contributed by atoms with E-state index in [1.165, 1.54) is 11.1 Å². The SMILES string of the molecule is CB1N(c2cc(C(C)(C)C)ccn2)c2cc(Oc3cccc(-n4c[n+](C)c5ccccc54)c3)ccc2-c2ccnn21. The Hall–Kier alpha value is -4.85. The number of rotatable bonds is 4. The number of anilines is 2. The minimum absolute atomic E-state index is 0.00840. The first-order valence-electron chi connectivity index (χ1n) is 14.0. The molecule has 8 heteroatoms. The Balaban J connectivity index is 1.29. The molecule has 7 nitrogen and oxygen atoms in total. The van der Waals surface area contributed by atoms with E-state index >= 15 is 0 Å². The fourth-order valence-corrected chi connectivity index (χ4v) is 5.76. The van der Waals surface area contributed by atoms with Crippen LogP contribution in [-0.4, -0.2) is 26.2 Å². The molecular formula is C33H32BN6O+. The molecule has 1 aliphatic heterocycles. The minimum atomic E-state index is -0.0587. The number of pyridine rings is 1. The van der Waals surface area contributed by atoms with E-state index in [4.69, 9.17) is 9.72 Å². The second-order valence-corrected chi connectivity index (χ2v) is 11.7. The van der Waals surface area contributed by atoms with Gasteiger partial charge in [0.2, 0.25) is 6.33 Å². The van der Waals surface area contributed by atoms with Crippen LogP contribution in [0.1, 0.15) is 26.3 Å². The Morgan fingerprint density at radius 2 is 1.68 bits per heavy atom. The van der Waals surface area contributed by atoms with Crippen molar-refractivity contribution in [2.24, 2.45) is 7.05 Å². The number of aryl methyl sites for hydroxylation is 1. The van der Waals surface area contributed by atoms with Gasteiger partial charge in [0.05, 0.1) is 12.7 Å². The first-order valence-corrected chi connectivity index (χ1v) is 14.0. The van der Waals surface area contributed by atoms with E-state index in [0.717, 1.165) is 45.5 Å². The van der Waals surface area contributed by atoms with Crippen molar-refractivity contribution in [3.05, 3.63) is 109 Å². The predicted octanol–water partition coefficient (Wildman–Crippen LogP) is 6.92. The van der Waals surface area contributed by atoms with E-state index in [1.54, 1.807) is 0 Å². The number of hydrogen-bond acceptors (Lipinski definition) is 4. The molecule has 0 saturated carbocycles. The summed E-state index contributed by atoms with van der Waals surface area (Å²) in [6.07, 6.45) is 5.86. The standard InChI is InChI=1S/C33H32BN6O/c1-33(2,3)23-15-17-35-32(19-23)39-31-21-26(13-14-27(31)28-16-18-36-40(28)34(39)4)41-25-10-8-9-24(20-25)38-22-37(5)29-11-6-7-12-30(29)38/h6-22H,1-5H3/q+1. The Bertz CT molecular complexity index is 1920. The second kappa shape index (κ2) is 9.37. The van der Waals surface area contributed by atoms with E-state index in [0.29, 0.717) is 0 Å². The molecule has 0 amide bonds. The van der Waals surface area contributed by atoms with Gasteiger partial charge in [-0.1, -0.05) is 39.0 Å². The lowest BCUT2D eigenvalue weighted by molar-refractivity contribution is -0.645. The van der Waals surface area contributed by atoms with Gasteiger partial charge in [-0.2, -0.15) is 9.67 Å². The van der Waals surface area contributed by atoms with Crippen LogP contribution in [0.4, 0.5) is 11.5 Å². The monoisotopic (exact) mass is 539 g/mol. The Morgan fingerprint density at radius 3 is 2.54 bits per heavy atom. The van der Waals surface area contributed by atoms with Gasteiger partial charge >= 0.3 is 6.98 Å². The quantitative estimate of drug-likeness (QED) is 0.180. The molecule has 4 heterocycles. The topological polar surface area (TPSA) is 52.0 Å². The zero-order valence-electron chi connectivity index (χ0n) is 24.0. The summed E-state index contributed by atoms with van der Waals surface area (Å²) in [5.74, 6) is 2.43. The first-order chi connectivity index (χ1) is 19.8. The molecule has 0 N–H and O–H groups in total. The van der Waals surface area contributed by atoms with Crippen molar-refractivity contribution in [3.63, 3.8) is 0 Å². The zero-order valence-corrected chi connectivity index (χ0v) is 24.0. The van der Waals surface area contributed by atoms with Crippen molar-refractivity contribution < 1.29 is 9.30 Å². The lowest BCUT2D eigenvalue weighted by atomic mass is 9.73. The number of nitrogens with zero attached hydrogens (tertiary/aromatic N) is 6. The van der Waals surface area contributed by atoms with Gasteiger partial charge in [-0.15, -0.1) is 0 Å². The lowest BCUT2D eigenvalue weighted by Crippen LogP contribution is -2.44. The molecule has 3 aromatic heterocycles. The molecule has 0 spiro atoms. The largest absolute Gasteiger partial charge is 0.457 e. The molecular weight excluding hydrogens is 507 g/mol. The van der Waals surface area contributed by atoms with Crippen molar-refractivity contribution in [2.75, 3.05) is 4.81 Å². The Kier molecular flexibility index (Phi) is 5.75. The van der Waals surface area contributed by atoms with Crippen LogP contribution in [-0.2, 0) is 12.5 Å². The number of aromatic nitrogens is 5. The Morgan fingerprint density at radius 1 is 0.854 bits per heavy atom. The van der Waals surface area contributed by atoms with Crippen molar-refractivity contribution >= 4 is 29.5 Å². The molecule has 41 heavy (non-hydrogen) atoms. The summed E-state index contributed by atoms with van der Waals surface area (Å²) in [4.78, 5) is 7.06. The van der Waals surface area contributed by atoms with Crippen molar-refractivity contribution in [2.45, 2.75) is 33.0 Å². The molecule has 0 saturated heterocycles. The first kappa shape index (κ1) is 25.1. The predicted molar refractivity (Wildman–Crippen MR) is 164 cm³/mol. The summed E-state index contributed by atoms with van der Waals surface area (Å²) >= 11 is 0. The van der Waals surface area contributed by atoms with Gasteiger partial charge in [0.25, 0.3) is 0 Å². The fraction of sp³-hybridized carbons (Fsp3) is 0.182. The summed E-state index contributed by atoms with van der Waals surface area (Å²) in [6.45, 7) is 8.77. The molecule has 0 bridgehead atoms. The summed E-state index contributed by atoms with van der Waals surface area (Å²) in [6, 6.07) is 29.2. The highest BCUT2D eigenvalue weighted by molar-refractivity contribution is 6.63. The van der Waals surface area contributed by atoms with Gasteiger partial charge < -0.3 is 9.55 Å². The fourth-order valence-electron chi connectivity index (χ4n) is 5.76. The van der Waals surface area contributed by atoms with E-state index < -0.39 is 0 Å². The molecule has 3 aromatic carbocycles. The third kappa shape index (κ3) is 4.27. The van der Waals surface area contributed by atoms with Gasteiger partial charge in [-0.3, -0.25) is 4.59 Å². The molecule has 0 atom stereocenters. The van der Waals surface area contributed by atoms with E-state index in [2.05, 4.69) is 131 Å². The van der Waals surface area contributed by atoms with Crippen LogP contribution in [0.15, 0.2) is 104 Å². The van der Waals surface area contributed by atoms with Gasteiger partial charge in [0, 0.05) is 35.8 Å². The van der Waals surface area contributed by atoms with E-state index in [9.17, 15) is 0 Å². The third-order valence-electron chi connectivity index (χ3n) is 7.90. The number of ether oxygens (including phenoxy) is 1. The van der Waals surface area contributed by atoms with Crippen molar-refractivity contribution in [1.82, 2.24) is 19.2 Å².